The zero-order chi connectivity index (χ0) is 21.0. The van der Waals surface area contributed by atoms with Crippen molar-refractivity contribution in [3.63, 3.8) is 0 Å². The summed E-state index contributed by atoms with van der Waals surface area (Å²) >= 11 is 0. The molecular formula is C20H21O8P. The van der Waals surface area contributed by atoms with Gasteiger partial charge in [0.15, 0.2) is 16.9 Å². The SMILES string of the molecule is CCOP(=O)(OCC)Oc1cc2oc(-c3ccccc3)cc(=O)c2c(O)c1OC. The molecule has 9 heteroatoms. The van der Waals surface area contributed by atoms with Crippen LogP contribution in [0.4, 0.5) is 0 Å². The lowest BCUT2D eigenvalue weighted by Gasteiger charge is -2.19. The first kappa shape index (κ1) is 20.9. The highest BCUT2D eigenvalue weighted by molar-refractivity contribution is 7.48. The summed E-state index contributed by atoms with van der Waals surface area (Å²) in [6.45, 7) is 3.42. The molecule has 0 fully saturated rings. The molecule has 0 aliphatic carbocycles. The maximum atomic E-state index is 12.8. The Morgan fingerprint density at radius 1 is 1.07 bits per heavy atom. The number of ether oxygens (including phenoxy) is 1. The molecule has 0 spiro atoms. The number of phosphoric ester groups is 1. The Balaban J connectivity index is 2.20. The molecule has 0 atom stereocenters. The average Bonchev–Trinajstić information content (AvgIpc) is 2.68. The summed E-state index contributed by atoms with van der Waals surface area (Å²) in [6, 6.07) is 11.6. The topological polar surface area (TPSA) is 104 Å². The predicted octanol–water partition coefficient (Wildman–Crippen LogP) is 4.73. The van der Waals surface area contributed by atoms with Crippen LogP contribution in [0.25, 0.3) is 22.3 Å². The van der Waals surface area contributed by atoms with Gasteiger partial charge < -0.3 is 18.8 Å². The molecule has 0 amide bonds. The van der Waals surface area contributed by atoms with E-state index in [1.165, 1.54) is 19.2 Å². The Bertz CT molecular complexity index is 1100. The summed E-state index contributed by atoms with van der Waals surface area (Å²) in [4.78, 5) is 12.6. The molecule has 0 radical (unpaired) electrons. The van der Waals surface area contributed by atoms with Crippen LogP contribution in [0, 0.1) is 0 Å². The largest absolute Gasteiger partial charge is 0.530 e. The van der Waals surface area contributed by atoms with Crippen LogP contribution >= 0.6 is 7.82 Å². The fraction of sp³-hybridized carbons (Fsp3) is 0.250. The van der Waals surface area contributed by atoms with Crippen LogP contribution in [0.2, 0.25) is 0 Å². The molecule has 29 heavy (non-hydrogen) atoms. The van der Waals surface area contributed by atoms with Gasteiger partial charge in [0, 0.05) is 17.7 Å². The second-order valence-corrected chi connectivity index (χ2v) is 7.44. The van der Waals surface area contributed by atoms with Gasteiger partial charge in [-0.2, -0.15) is 0 Å². The van der Waals surface area contributed by atoms with E-state index in [0.29, 0.717) is 11.3 Å². The summed E-state index contributed by atoms with van der Waals surface area (Å²) in [5, 5.41) is 10.5. The summed E-state index contributed by atoms with van der Waals surface area (Å²) in [5.74, 6) is -0.516. The van der Waals surface area contributed by atoms with Crippen molar-refractivity contribution in [1.82, 2.24) is 0 Å². The molecule has 8 nitrogen and oxygen atoms in total. The third kappa shape index (κ3) is 4.29. The summed E-state index contributed by atoms with van der Waals surface area (Å²) in [6.07, 6.45) is 0. The minimum atomic E-state index is -3.97. The molecule has 0 saturated carbocycles. The average molecular weight is 420 g/mol. The van der Waals surface area contributed by atoms with Crippen LogP contribution in [0.3, 0.4) is 0 Å². The highest BCUT2D eigenvalue weighted by Gasteiger charge is 2.31. The van der Waals surface area contributed by atoms with Crippen molar-refractivity contribution in [3.05, 3.63) is 52.7 Å². The maximum Gasteiger partial charge on any atom is 0.530 e. The Morgan fingerprint density at radius 3 is 2.31 bits per heavy atom. The molecule has 3 aromatic rings. The number of rotatable bonds is 8. The van der Waals surface area contributed by atoms with E-state index < -0.39 is 19.0 Å². The molecular weight excluding hydrogens is 399 g/mol. The lowest BCUT2D eigenvalue weighted by atomic mass is 10.1. The molecule has 0 aliphatic heterocycles. The van der Waals surface area contributed by atoms with Crippen LogP contribution in [0.15, 0.2) is 51.7 Å². The zero-order valence-electron chi connectivity index (χ0n) is 16.2. The number of benzene rings is 2. The molecule has 1 N–H and O–H groups in total. The second-order valence-electron chi connectivity index (χ2n) is 5.84. The Labute approximate surface area is 167 Å². The first-order valence-corrected chi connectivity index (χ1v) is 10.4. The monoisotopic (exact) mass is 420 g/mol. The van der Waals surface area contributed by atoms with Gasteiger partial charge in [0.1, 0.15) is 16.7 Å². The number of phenols is 1. The number of hydrogen-bond acceptors (Lipinski definition) is 8. The van der Waals surface area contributed by atoms with E-state index in [2.05, 4.69) is 0 Å². The normalized spacial score (nSPS) is 11.6. The number of fused-ring (bicyclic) bond motifs is 1. The van der Waals surface area contributed by atoms with Crippen molar-refractivity contribution in [3.8, 4) is 28.6 Å². The van der Waals surface area contributed by atoms with Gasteiger partial charge in [0.05, 0.1) is 20.3 Å². The first-order chi connectivity index (χ1) is 13.9. The quantitative estimate of drug-likeness (QED) is 0.522. The van der Waals surface area contributed by atoms with Crippen molar-refractivity contribution in [2.45, 2.75) is 13.8 Å². The van der Waals surface area contributed by atoms with Gasteiger partial charge in [-0.3, -0.25) is 13.8 Å². The molecule has 2 aromatic carbocycles. The third-order valence-electron chi connectivity index (χ3n) is 3.96. The Morgan fingerprint density at radius 2 is 1.72 bits per heavy atom. The van der Waals surface area contributed by atoms with Gasteiger partial charge in [-0.1, -0.05) is 30.3 Å². The van der Waals surface area contributed by atoms with E-state index >= 15 is 0 Å². The number of phenolic OH excluding ortho intramolecular Hbond substituents is 1. The van der Waals surface area contributed by atoms with Crippen molar-refractivity contribution in [2.24, 2.45) is 0 Å². The molecule has 1 heterocycles. The molecule has 3 rings (SSSR count). The fourth-order valence-electron chi connectivity index (χ4n) is 2.80. The Hall–Kier alpha value is -2.80. The second kappa shape index (κ2) is 8.69. The predicted molar refractivity (Wildman–Crippen MR) is 108 cm³/mol. The van der Waals surface area contributed by atoms with E-state index in [9.17, 15) is 14.5 Å². The van der Waals surface area contributed by atoms with Crippen LogP contribution in [-0.4, -0.2) is 25.4 Å². The highest BCUT2D eigenvalue weighted by atomic mass is 31.2. The van der Waals surface area contributed by atoms with E-state index in [1.807, 2.05) is 6.07 Å². The van der Waals surface area contributed by atoms with E-state index in [-0.39, 0.29) is 35.7 Å². The van der Waals surface area contributed by atoms with Crippen molar-refractivity contribution in [1.29, 1.82) is 0 Å². The van der Waals surface area contributed by atoms with Crippen molar-refractivity contribution < 1.29 is 32.4 Å². The summed E-state index contributed by atoms with van der Waals surface area (Å²) < 4.78 is 39.4. The van der Waals surface area contributed by atoms with Crippen LogP contribution in [0.1, 0.15) is 13.8 Å². The molecule has 154 valence electrons. The zero-order valence-corrected chi connectivity index (χ0v) is 17.1. The van der Waals surface area contributed by atoms with Crippen LogP contribution < -0.4 is 14.7 Å². The number of methoxy groups -OCH3 is 1. The summed E-state index contributed by atoms with van der Waals surface area (Å²) in [5.41, 5.74) is 0.244. The Kier molecular flexibility index (Phi) is 6.27. The van der Waals surface area contributed by atoms with E-state index in [1.54, 1.807) is 38.1 Å². The fourth-order valence-corrected chi connectivity index (χ4v) is 3.99. The van der Waals surface area contributed by atoms with Crippen LogP contribution in [-0.2, 0) is 13.6 Å². The van der Waals surface area contributed by atoms with Crippen molar-refractivity contribution >= 4 is 18.8 Å². The lowest BCUT2D eigenvalue weighted by Crippen LogP contribution is -2.05. The van der Waals surface area contributed by atoms with E-state index in [0.717, 1.165) is 0 Å². The van der Waals surface area contributed by atoms with Gasteiger partial charge >= 0.3 is 7.82 Å². The van der Waals surface area contributed by atoms with Gasteiger partial charge in [-0.15, -0.1) is 0 Å². The molecule has 1 aromatic heterocycles. The number of aromatic hydroxyl groups is 1. The number of phosphoric acid groups is 1. The highest BCUT2D eigenvalue weighted by Crippen LogP contribution is 2.54. The molecule has 0 unspecified atom stereocenters. The lowest BCUT2D eigenvalue weighted by molar-refractivity contribution is 0.165. The maximum absolute atomic E-state index is 12.8. The standard InChI is InChI=1S/C20H21O8P/c1-4-25-29(23,26-5-2)28-17-12-16-18(19(22)20(17)24-3)14(21)11-15(27-16)13-9-7-6-8-10-13/h6-12,22H,4-5H2,1-3H3. The first-order valence-electron chi connectivity index (χ1n) is 8.94. The van der Waals surface area contributed by atoms with Gasteiger partial charge in [-0.05, 0) is 13.8 Å². The van der Waals surface area contributed by atoms with Gasteiger partial charge in [0.25, 0.3) is 0 Å². The van der Waals surface area contributed by atoms with Crippen LogP contribution in [0.5, 0.6) is 17.2 Å². The van der Waals surface area contributed by atoms with Gasteiger partial charge in [0.2, 0.25) is 5.75 Å². The third-order valence-corrected chi connectivity index (χ3v) is 5.53. The smallest absolute Gasteiger partial charge is 0.504 e. The molecule has 0 aliphatic rings. The molecule has 0 saturated heterocycles. The molecule has 0 bridgehead atoms. The number of hydrogen-bond donors (Lipinski definition) is 1. The minimum absolute atomic E-state index is 0.0317. The van der Waals surface area contributed by atoms with Crippen molar-refractivity contribution in [2.75, 3.05) is 20.3 Å². The van der Waals surface area contributed by atoms with Gasteiger partial charge in [-0.25, -0.2) is 4.57 Å². The summed E-state index contributed by atoms with van der Waals surface area (Å²) in [7, 11) is -2.69. The van der Waals surface area contributed by atoms with E-state index in [4.69, 9.17) is 22.7 Å². The minimum Gasteiger partial charge on any atom is -0.504 e.